The van der Waals surface area contributed by atoms with Gasteiger partial charge in [-0.1, -0.05) is 27.2 Å². The van der Waals surface area contributed by atoms with Crippen molar-refractivity contribution < 1.29 is 4.74 Å². The zero-order valence-corrected chi connectivity index (χ0v) is 18.1. The second-order valence-corrected chi connectivity index (χ2v) is 8.05. The van der Waals surface area contributed by atoms with Crippen molar-refractivity contribution in [2.24, 2.45) is 10.4 Å². The van der Waals surface area contributed by atoms with E-state index in [0.717, 1.165) is 17.8 Å². The highest BCUT2D eigenvalue weighted by molar-refractivity contribution is 14.0. The Morgan fingerprint density at radius 1 is 1.36 bits per heavy atom. The normalized spacial score (nSPS) is 24.4. The number of aliphatic imine (C=N–C) groups is 1. The molecule has 0 spiro atoms. The van der Waals surface area contributed by atoms with Crippen molar-refractivity contribution in [3.8, 4) is 0 Å². The van der Waals surface area contributed by atoms with Gasteiger partial charge in [0, 0.05) is 32.0 Å². The van der Waals surface area contributed by atoms with Crippen molar-refractivity contribution in [3.05, 3.63) is 0 Å². The highest BCUT2D eigenvalue weighted by Gasteiger charge is 2.25. The van der Waals surface area contributed by atoms with Gasteiger partial charge in [0.2, 0.25) is 0 Å². The Hall–Kier alpha value is 0.310. The molecule has 1 saturated carbocycles. The highest BCUT2D eigenvalue weighted by atomic mass is 127. The molecular weight excluding hydrogens is 409 g/mol. The SMILES string of the molecule is CN=C(NCC(OC)C(C)(C)C)NC1CCCC(SC)C1.I. The number of rotatable bonds is 5. The zero-order valence-electron chi connectivity index (χ0n) is 14.9. The summed E-state index contributed by atoms with van der Waals surface area (Å²) in [5.41, 5.74) is 0.120. The molecule has 3 atom stereocenters. The topological polar surface area (TPSA) is 45.7 Å². The Kier molecular flexibility index (Phi) is 11.1. The quantitative estimate of drug-likeness (QED) is 0.388. The monoisotopic (exact) mass is 443 g/mol. The lowest BCUT2D eigenvalue weighted by Crippen LogP contribution is -2.49. The number of hydrogen-bond acceptors (Lipinski definition) is 3. The first-order valence-corrected chi connectivity index (χ1v) is 9.22. The van der Waals surface area contributed by atoms with Gasteiger partial charge in [-0.3, -0.25) is 4.99 Å². The number of halogens is 1. The molecule has 4 nitrogen and oxygen atoms in total. The van der Waals surface area contributed by atoms with Crippen LogP contribution in [0.3, 0.4) is 0 Å². The van der Waals surface area contributed by atoms with Crippen LogP contribution in [0.15, 0.2) is 4.99 Å². The molecule has 22 heavy (non-hydrogen) atoms. The second-order valence-electron chi connectivity index (χ2n) is 6.91. The molecule has 0 saturated heterocycles. The van der Waals surface area contributed by atoms with Crippen LogP contribution in [-0.2, 0) is 4.74 Å². The van der Waals surface area contributed by atoms with Crippen molar-refractivity contribution in [2.45, 2.75) is 63.9 Å². The molecule has 1 aliphatic carbocycles. The first-order valence-electron chi connectivity index (χ1n) is 7.93. The average molecular weight is 443 g/mol. The van der Waals surface area contributed by atoms with E-state index < -0.39 is 0 Å². The maximum absolute atomic E-state index is 5.59. The Labute approximate surface area is 158 Å². The summed E-state index contributed by atoms with van der Waals surface area (Å²) in [6.45, 7) is 7.37. The van der Waals surface area contributed by atoms with Crippen molar-refractivity contribution in [2.75, 3.05) is 27.0 Å². The summed E-state index contributed by atoms with van der Waals surface area (Å²) in [7, 11) is 3.61. The Bertz CT molecular complexity index is 334. The number of hydrogen-bond donors (Lipinski definition) is 2. The van der Waals surface area contributed by atoms with E-state index in [1.165, 1.54) is 25.7 Å². The van der Waals surface area contributed by atoms with E-state index in [1.807, 2.05) is 18.8 Å². The Balaban J connectivity index is 0.00000441. The molecule has 0 amide bonds. The predicted molar refractivity (Wildman–Crippen MR) is 110 cm³/mol. The number of thioether (sulfide) groups is 1. The van der Waals surface area contributed by atoms with E-state index in [-0.39, 0.29) is 35.5 Å². The van der Waals surface area contributed by atoms with Crippen molar-refractivity contribution >= 4 is 41.7 Å². The van der Waals surface area contributed by atoms with Crippen LogP contribution in [0, 0.1) is 5.41 Å². The molecule has 6 heteroatoms. The summed E-state index contributed by atoms with van der Waals surface area (Å²) in [4.78, 5) is 4.35. The fourth-order valence-corrected chi connectivity index (χ4v) is 3.64. The molecule has 1 fully saturated rings. The van der Waals surface area contributed by atoms with E-state index in [4.69, 9.17) is 4.74 Å². The zero-order chi connectivity index (χ0) is 15.9. The summed E-state index contributed by atoms with van der Waals surface area (Å²) in [5, 5.41) is 7.77. The minimum Gasteiger partial charge on any atom is -0.379 e. The van der Waals surface area contributed by atoms with Gasteiger partial charge in [0.1, 0.15) is 0 Å². The molecular formula is C16H34IN3OS. The molecule has 0 aromatic heterocycles. The van der Waals surface area contributed by atoms with Crippen LogP contribution < -0.4 is 10.6 Å². The third kappa shape index (κ3) is 7.73. The van der Waals surface area contributed by atoms with Crippen LogP contribution in [-0.4, -0.2) is 50.3 Å². The molecule has 3 unspecified atom stereocenters. The third-order valence-electron chi connectivity index (χ3n) is 4.23. The van der Waals surface area contributed by atoms with Gasteiger partial charge < -0.3 is 15.4 Å². The molecule has 0 bridgehead atoms. The lowest BCUT2D eigenvalue weighted by molar-refractivity contribution is 0.0205. The minimum atomic E-state index is 0. The summed E-state index contributed by atoms with van der Waals surface area (Å²) >= 11 is 1.99. The number of nitrogens with one attached hydrogen (secondary N) is 2. The number of nitrogens with zero attached hydrogens (tertiary/aromatic N) is 1. The number of ether oxygens (including phenoxy) is 1. The van der Waals surface area contributed by atoms with Crippen LogP contribution in [0.1, 0.15) is 46.5 Å². The first-order chi connectivity index (χ1) is 9.90. The minimum absolute atomic E-state index is 0. The maximum Gasteiger partial charge on any atom is 0.191 e. The van der Waals surface area contributed by atoms with Crippen molar-refractivity contribution in [3.63, 3.8) is 0 Å². The van der Waals surface area contributed by atoms with E-state index in [2.05, 4.69) is 42.7 Å². The van der Waals surface area contributed by atoms with Crippen LogP contribution >= 0.6 is 35.7 Å². The van der Waals surface area contributed by atoms with Gasteiger partial charge in [-0.2, -0.15) is 11.8 Å². The second kappa shape index (κ2) is 11.0. The van der Waals surface area contributed by atoms with Gasteiger partial charge in [-0.15, -0.1) is 24.0 Å². The van der Waals surface area contributed by atoms with Gasteiger partial charge >= 0.3 is 0 Å². The summed E-state index contributed by atoms with van der Waals surface area (Å²) in [6, 6.07) is 0.540. The Morgan fingerprint density at radius 3 is 2.55 bits per heavy atom. The maximum atomic E-state index is 5.59. The molecule has 0 aromatic rings. The van der Waals surface area contributed by atoms with Gasteiger partial charge in [-0.05, 0) is 30.9 Å². The standard InChI is InChI=1S/C16H33N3OS.HI/c1-16(2,3)14(20-5)11-18-15(17-4)19-12-8-7-9-13(10-12)21-6;/h12-14H,7-11H2,1-6H3,(H2,17,18,19);1H. The van der Waals surface area contributed by atoms with Crippen LogP contribution in [0.5, 0.6) is 0 Å². The molecule has 0 heterocycles. The molecule has 132 valence electrons. The smallest absolute Gasteiger partial charge is 0.191 e. The van der Waals surface area contributed by atoms with Crippen LogP contribution in [0.25, 0.3) is 0 Å². The van der Waals surface area contributed by atoms with E-state index >= 15 is 0 Å². The Morgan fingerprint density at radius 2 is 2.05 bits per heavy atom. The summed E-state index contributed by atoms with van der Waals surface area (Å²) in [5.74, 6) is 0.896. The average Bonchev–Trinajstić information content (AvgIpc) is 2.45. The van der Waals surface area contributed by atoms with Crippen LogP contribution in [0.4, 0.5) is 0 Å². The molecule has 1 aliphatic rings. The summed E-state index contributed by atoms with van der Waals surface area (Å²) < 4.78 is 5.59. The van der Waals surface area contributed by atoms with Gasteiger partial charge in [0.15, 0.2) is 5.96 Å². The van der Waals surface area contributed by atoms with E-state index in [1.54, 1.807) is 7.11 Å². The number of guanidine groups is 1. The van der Waals surface area contributed by atoms with Gasteiger partial charge in [-0.25, -0.2) is 0 Å². The molecule has 0 radical (unpaired) electrons. The largest absolute Gasteiger partial charge is 0.379 e. The fraction of sp³-hybridized carbons (Fsp3) is 0.938. The third-order valence-corrected chi connectivity index (χ3v) is 5.32. The molecule has 0 aromatic carbocycles. The fourth-order valence-electron chi connectivity index (χ4n) is 2.81. The lowest BCUT2D eigenvalue weighted by atomic mass is 9.89. The van der Waals surface area contributed by atoms with Gasteiger partial charge in [0.25, 0.3) is 0 Å². The van der Waals surface area contributed by atoms with Gasteiger partial charge in [0.05, 0.1) is 6.10 Å². The molecule has 2 N–H and O–H groups in total. The van der Waals surface area contributed by atoms with E-state index in [0.29, 0.717) is 6.04 Å². The first kappa shape index (κ1) is 22.3. The molecule has 1 rings (SSSR count). The summed E-state index contributed by atoms with van der Waals surface area (Å²) in [6.07, 6.45) is 7.51. The van der Waals surface area contributed by atoms with Crippen molar-refractivity contribution in [1.29, 1.82) is 0 Å². The molecule has 0 aliphatic heterocycles. The number of methoxy groups -OCH3 is 1. The predicted octanol–water partition coefficient (Wildman–Crippen LogP) is 3.50. The van der Waals surface area contributed by atoms with E-state index in [9.17, 15) is 0 Å². The van der Waals surface area contributed by atoms with Crippen LogP contribution in [0.2, 0.25) is 0 Å². The highest BCUT2D eigenvalue weighted by Crippen LogP contribution is 2.26. The van der Waals surface area contributed by atoms with Crippen molar-refractivity contribution in [1.82, 2.24) is 10.6 Å². The lowest BCUT2D eigenvalue weighted by Gasteiger charge is -2.32.